The average molecular weight is 439 g/mol. The van der Waals surface area contributed by atoms with E-state index in [1.807, 2.05) is 24.3 Å². The molecule has 1 atom stereocenters. The van der Waals surface area contributed by atoms with Crippen molar-refractivity contribution in [3.05, 3.63) is 59.9 Å². The Kier molecular flexibility index (Phi) is 5.27. The first kappa shape index (κ1) is 20.2. The third-order valence-corrected chi connectivity index (χ3v) is 7.82. The van der Waals surface area contributed by atoms with E-state index in [9.17, 15) is 13.2 Å². The Balaban J connectivity index is 1.39. The Morgan fingerprint density at radius 1 is 1.03 bits per heavy atom. The predicted octanol–water partition coefficient (Wildman–Crippen LogP) is 3.76. The van der Waals surface area contributed by atoms with Crippen molar-refractivity contribution in [3.8, 4) is 0 Å². The number of rotatable bonds is 5. The molecule has 1 saturated carbocycles. The highest BCUT2D eigenvalue weighted by Gasteiger charge is 2.33. The largest absolute Gasteiger partial charge is 0.340 e. The van der Waals surface area contributed by atoms with E-state index in [0.717, 1.165) is 55.4 Å². The molecule has 5 rings (SSSR count). The molecule has 0 radical (unpaired) electrons. The van der Waals surface area contributed by atoms with Gasteiger partial charge in [0.15, 0.2) is 0 Å². The number of carbonyl (C=O) groups is 1. The minimum Gasteiger partial charge on any atom is -0.340 e. The fraction of sp³-hybridized carbons (Fsp3) is 0.391. The summed E-state index contributed by atoms with van der Waals surface area (Å²) in [6, 6.07) is 14.0. The predicted molar refractivity (Wildman–Crippen MR) is 118 cm³/mol. The van der Waals surface area contributed by atoms with Gasteiger partial charge in [-0.2, -0.15) is 0 Å². The second-order valence-electron chi connectivity index (χ2n) is 8.43. The average Bonchev–Trinajstić information content (AvgIpc) is 3.52. The van der Waals surface area contributed by atoms with Crippen LogP contribution < -0.4 is 4.72 Å². The summed E-state index contributed by atoms with van der Waals surface area (Å²) >= 11 is 0. The number of hydrogen-bond donors (Lipinski definition) is 2. The molecule has 1 aliphatic heterocycles. The number of likely N-dealkylation sites (tertiary alicyclic amines) is 1. The Bertz CT molecular complexity index is 1180. The number of H-pyrrole nitrogens is 1. The number of sulfonamides is 1. The van der Waals surface area contributed by atoms with Crippen LogP contribution in [0.15, 0.2) is 53.4 Å². The Labute approximate surface area is 181 Å². The maximum absolute atomic E-state index is 13.3. The van der Waals surface area contributed by atoms with Crippen LogP contribution in [-0.4, -0.2) is 41.8 Å². The van der Waals surface area contributed by atoms with Crippen molar-refractivity contribution < 1.29 is 13.2 Å². The summed E-state index contributed by atoms with van der Waals surface area (Å²) in [6.07, 6.45) is 5.53. The lowest BCUT2D eigenvalue weighted by Crippen LogP contribution is -2.33. The van der Waals surface area contributed by atoms with Crippen LogP contribution in [-0.2, 0) is 10.0 Å². The summed E-state index contributed by atoms with van der Waals surface area (Å²) in [6.45, 7) is 0.623. The standard InChI is InChI=1S/C23H26N4O3S/c28-23(16-7-5-10-18(15-16)31(29,30)26-17-8-1-2-9-17)27-14-6-13-21(27)22-24-19-11-3-4-12-20(19)25-22/h3-5,7,10-12,15,17,21,26H,1-2,6,8-9,13-14H2,(H,24,25)/t21-/m1/s1. The molecule has 7 nitrogen and oxygen atoms in total. The van der Waals surface area contributed by atoms with Crippen LogP contribution in [0.25, 0.3) is 11.0 Å². The second kappa shape index (κ2) is 8.09. The number of para-hydroxylation sites is 2. The summed E-state index contributed by atoms with van der Waals surface area (Å²) in [5, 5.41) is 0. The van der Waals surface area contributed by atoms with Crippen LogP contribution in [0, 0.1) is 0 Å². The number of fused-ring (bicyclic) bond motifs is 1. The molecule has 2 fully saturated rings. The molecule has 2 aliphatic rings. The third-order valence-electron chi connectivity index (χ3n) is 6.31. The van der Waals surface area contributed by atoms with Gasteiger partial charge in [0.1, 0.15) is 5.82 Å². The summed E-state index contributed by atoms with van der Waals surface area (Å²) < 4.78 is 28.4. The van der Waals surface area contributed by atoms with Crippen molar-refractivity contribution in [1.29, 1.82) is 0 Å². The highest BCUT2D eigenvalue weighted by Crippen LogP contribution is 2.33. The molecule has 0 unspecified atom stereocenters. The number of aromatic amines is 1. The molecule has 162 valence electrons. The Morgan fingerprint density at radius 3 is 2.65 bits per heavy atom. The van der Waals surface area contributed by atoms with Gasteiger partial charge in [0.25, 0.3) is 5.91 Å². The first-order valence-electron chi connectivity index (χ1n) is 10.9. The normalized spacial score (nSPS) is 20.0. The van der Waals surface area contributed by atoms with Crippen LogP contribution in [0.4, 0.5) is 0 Å². The topological polar surface area (TPSA) is 95.2 Å². The monoisotopic (exact) mass is 438 g/mol. The summed E-state index contributed by atoms with van der Waals surface area (Å²) in [5.74, 6) is 0.611. The molecule has 1 aromatic heterocycles. The van der Waals surface area contributed by atoms with Crippen LogP contribution >= 0.6 is 0 Å². The zero-order valence-corrected chi connectivity index (χ0v) is 18.1. The van der Waals surface area contributed by atoms with Crippen molar-refractivity contribution in [1.82, 2.24) is 19.6 Å². The molecule has 2 N–H and O–H groups in total. The van der Waals surface area contributed by atoms with Gasteiger partial charge in [-0.25, -0.2) is 18.1 Å². The fourth-order valence-corrected chi connectivity index (χ4v) is 6.07. The number of hydrogen-bond acceptors (Lipinski definition) is 4. The van der Waals surface area contributed by atoms with Crippen LogP contribution in [0.3, 0.4) is 0 Å². The van der Waals surface area contributed by atoms with Crippen molar-refractivity contribution in [2.75, 3.05) is 6.54 Å². The molecule has 0 bridgehead atoms. The van der Waals surface area contributed by atoms with E-state index in [1.165, 1.54) is 6.07 Å². The first-order chi connectivity index (χ1) is 15.0. The van der Waals surface area contributed by atoms with E-state index in [4.69, 9.17) is 0 Å². The van der Waals surface area contributed by atoms with Gasteiger partial charge in [-0.05, 0) is 56.0 Å². The highest BCUT2D eigenvalue weighted by molar-refractivity contribution is 7.89. The van der Waals surface area contributed by atoms with Crippen molar-refractivity contribution in [2.45, 2.75) is 55.5 Å². The Morgan fingerprint density at radius 2 is 1.84 bits per heavy atom. The molecular weight excluding hydrogens is 412 g/mol. The molecule has 0 spiro atoms. The molecule has 3 aromatic rings. The zero-order valence-electron chi connectivity index (χ0n) is 17.3. The van der Waals surface area contributed by atoms with Gasteiger partial charge in [0, 0.05) is 18.2 Å². The van der Waals surface area contributed by atoms with E-state index in [-0.39, 0.29) is 22.9 Å². The number of benzene rings is 2. The van der Waals surface area contributed by atoms with Gasteiger partial charge in [0.2, 0.25) is 10.0 Å². The minimum atomic E-state index is -3.65. The molecule has 31 heavy (non-hydrogen) atoms. The zero-order chi connectivity index (χ0) is 21.4. The SMILES string of the molecule is O=C(c1cccc(S(=O)(=O)NC2CCCC2)c1)N1CCC[C@@H]1c1nc2ccccc2[nH]1. The van der Waals surface area contributed by atoms with Crippen molar-refractivity contribution in [2.24, 2.45) is 0 Å². The first-order valence-corrected chi connectivity index (χ1v) is 12.4. The molecule has 8 heteroatoms. The van der Waals surface area contributed by atoms with E-state index in [1.54, 1.807) is 23.1 Å². The van der Waals surface area contributed by atoms with E-state index in [0.29, 0.717) is 12.1 Å². The quantitative estimate of drug-likeness (QED) is 0.634. The maximum atomic E-state index is 13.3. The molecule has 2 heterocycles. The summed E-state index contributed by atoms with van der Waals surface area (Å²) in [5.41, 5.74) is 2.21. The van der Waals surface area contributed by atoms with Gasteiger partial charge in [-0.1, -0.05) is 31.0 Å². The lowest BCUT2D eigenvalue weighted by Gasteiger charge is -2.23. The minimum absolute atomic E-state index is 0.0135. The number of amides is 1. The van der Waals surface area contributed by atoms with E-state index in [2.05, 4.69) is 14.7 Å². The van der Waals surface area contributed by atoms with Crippen LogP contribution in [0.1, 0.15) is 60.7 Å². The maximum Gasteiger partial charge on any atom is 0.254 e. The fourth-order valence-electron chi connectivity index (χ4n) is 4.72. The van der Waals surface area contributed by atoms with Gasteiger partial charge in [-0.15, -0.1) is 0 Å². The lowest BCUT2D eigenvalue weighted by molar-refractivity contribution is 0.0730. The lowest BCUT2D eigenvalue weighted by atomic mass is 10.1. The molecule has 1 amide bonds. The number of nitrogens with zero attached hydrogens (tertiary/aromatic N) is 2. The van der Waals surface area contributed by atoms with Crippen LogP contribution in [0.2, 0.25) is 0 Å². The van der Waals surface area contributed by atoms with Gasteiger partial charge in [-0.3, -0.25) is 4.79 Å². The third kappa shape index (κ3) is 3.97. The van der Waals surface area contributed by atoms with Crippen molar-refractivity contribution >= 4 is 27.0 Å². The number of imidazole rings is 1. The van der Waals surface area contributed by atoms with Crippen LogP contribution in [0.5, 0.6) is 0 Å². The van der Waals surface area contributed by atoms with Gasteiger partial charge >= 0.3 is 0 Å². The Hall–Kier alpha value is -2.71. The molecule has 2 aromatic carbocycles. The van der Waals surface area contributed by atoms with E-state index >= 15 is 0 Å². The second-order valence-corrected chi connectivity index (χ2v) is 10.1. The summed E-state index contributed by atoms with van der Waals surface area (Å²) in [7, 11) is -3.65. The van der Waals surface area contributed by atoms with Gasteiger partial charge in [0.05, 0.1) is 22.0 Å². The molecule has 1 saturated heterocycles. The highest BCUT2D eigenvalue weighted by atomic mass is 32.2. The number of carbonyl (C=O) groups excluding carboxylic acids is 1. The van der Waals surface area contributed by atoms with E-state index < -0.39 is 10.0 Å². The summed E-state index contributed by atoms with van der Waals surface area (Å²) in [4.78, 5) is 23.3. The molecular formula is C23H26N4O3S. The van der Waals surface area contributed by atoms with Crippen molar-refractivity contribution in [3.63, 3.8) is 0 Å². The number of aromatic nitrogens is 2. The smallest absolute Gasteiger partial charge is 0.254 e. The number of nitrogens with one attached hydrogen (secondary N) is 2. The molecule has 1 aliphatic carbocycles. The van der Waals surface area contributed by atoms with Gasteiger partial charge < -0.3 is 9.88 Å².